The average Bonchev–Trinajstić information content (AvgIpc) is 3.25. The van der Waals surface area contributed by atoms with Gasteiger partial charge in [-0.1, -0.05) is 24.3 Å². The second-order valence-electron chi connectivity index (χ2n) is 5.68. The smallest absolute Gasteiger partial charge is 0.314 e. The lowest BCUT2D eigenvalue weighted by molar-refractivity contribution is -0.140. The minimum Gasteiger partial charge on any atom is -0.481 e. The van der Waals surface area contributed by atoms with Gasteiger partial charge in [0.1, 0.15) is 0 Å². The SMILES string of the molecule is COCC1(c2ccc(C3(C(=O)O)CC3)cc2)CC1. The van der Waals surface area contributed by atoms with Crippen LogP contribution < -0.4 is 0 Å². The van der Waals surface area contributed by atoms with Gasteiger partial charge in [0.05, 0.1) is 12.0 Å². The maximum Gasteiger partial charge on any atom is 0.314 e. The van der Waals surface area contributed by atoms with Gasteiger partial charge >= 0.3 is 5.97 Å². The number of benzene rings is 1. The highest BCUT2D eigenvalue weighted by molar-refractivity contribution is 5.84. The van der Waals surface area contributed by atoms with Crippen molar-refractivity contribution in [3.63, 3.8) is 0 Å². The maximum atomic E-state index is 11.3. The Morgan fingerprint density at radius 2 is 1.72 bits per heavy atom. The largest absolute Gasteiger partial charge is 0.481 e. The van der Waals surface area contributed by atoms with Crippen molar-refractivity contribution in [3.8, 4) is 0 Å². The summed E-state index contributed by atoms with van der Waals surface area (Å²) in [5.41, 5.74) is 1.85. The second kappa shape index (κ2) is 3.82. The molecule has 0 heterocycles. The van der Waals surface area contributed by atoms with Gasteiger partial charge in [0.25, 0.3) is 0 Å². The molecule has 0 bridgehead atoms. The lowest BCUT2D eigenvalue weighted by atomic mass is 9.91. The fourth-order valence-corrected chi connectivity index (χ4v) is 2.84. The fourth-order valence-electron chi connectivity index (χ4n) is 2.84. The number of carboxylic acids is 1. The van der Waals surface area contributed by atoms with Gasteiger partial charge in [-0.05, 0) is 36.8 Å². The van der Waals surface area contributed by atoms with E-state index in [1.54, 1.807) is 7.11 Å². The lowest BCUT2D eigenvalue weighted by Crippen LogP contribution is -2.20. The molecule has 3 nitrogen and oxygen atoms in total. The molecule has 1 aromatic rings. The summed E-state index contributed by atoms with van der Waals surface area (Å²) in [4.78, 5) is 11.3. The number of ether oxygens (including phenoxy) is 1. The van der Waals surface area contributed by atoms with Crippen molar-refractivity contribution in [2.24, 2.45) is 0 Å². The Hall–Kier alpha value is -1.35. The summed E-state index contributed by atoms with van der Waals surface area (Å²) in [6, 6.07) is 8.16. The minimum atomic E-state index is -0.687. The maximum absolute atomic E-state index is 11.3. The molecule has 3 rings (SSSR count). The number of aliphatic carboxylic acids is 1. The number of rotatable bonds is 5. The summed E-state index contributed by atoms with van der Waals surface area (Å²) < 4.78 is 5.28. The molecule has 2 aliphatic carbocycles. The van der Waals surface area contributed by atoms with E-state index in [1.165, 1.54) is 18.4 Å². The van der Waals surface area contributed by atoms with Crippen molar-refractivity contribution < 1.29 is 14.6 Å². The van der Waals surface area contributed by atoms with Gasteiger partial charge in [0.15, 0.2) is 0 Å². The van der Waals surface area contributed by atoms with E-state index in [-0.39, 0.29) is 5.41 Å². The van der Waals surface area contributed by atoms with Crippen LogP contribution in [0.3, 0.4) is 0 Å². The highest BCUT2D eigenvalue weighted by Gasteiger charge is 2.52. The van der Waals surface area contributed by atoms with E-state index >= 15 is 0 Å². The monoisotopic (exact) mass is 246 g/mol. The van der Waals surface area contributed by atoms with Crippen molar-refractivity contribution >= 4 is 5.97 Å². The molecule has 2 aliphatic rings. The minimum absolute atomic E-state index is 0.202. The van der Waals surface area contributed by atoms with Gasteiger partial charge in [0.2, 0.25) is 0 Å². The molecule has 3 heteroatoms. The Labute approximate surface area is 107 Å². The number of hydrogen-bond acceptors (Lipinski definition) is 2. The van der Waals surface area contributed by atoms with Gasteiger partial charge in [-0.3, -0.25) is 4.79 Å². The van der Waals surface area contributed by atoms with Crippen LogP contribution in [0.2, 0.25) is 0 Å². The predicted octanol–water partition coefficient (Wildman–Crippen LogP) is 2.48. The highest BCUT2D eigenvalue weighted by Crippen LogP contribution is 2.51. The summed E-state index contributed by atoms with van der Waals surface area (Å²) in [5.74, 6) is -0.687. The van der Waals surface area contributed by atoms with Crippen molar-refractivity contribution in [3.05, 3.63) is 35.4 Å². The predicted molar refractivity (Wildman–Crippen MR) is 67.8 cm³/mol. The first kappa shape index (κ1) is 11.7. The van der Waals surface area contributed by atoms with Crippen molar-refractivity contribution in [1.29, 1.82) is 0 Å². The van der Waals surface area contributed by atoms with E-state index < -0.39 is 11.4 Å². The molecule has 0 radical (unpaired) electrons. The molecule has 18 heavy (non-hydrogen) atoms. The van der Waals surface area contributed by atoms with Gasteiger partial charge in [-0.25, -0.2) is 0 Å². The molecule has 0 aliphatic heterocycles. The van der Waals surface area contributed by atoms with Gasteiger partial charge in [-0.2, -0.15) is 0 Å². The van der Waals surface area contributed by atoms with Crippen LogP contribution in [0.25, 0.3) is 0 Å². The van der Waals surface area contributed by atoms with E-state index in [9.17, 15) is 9.90 Å². The van der Waals surface area contributed by atoms with Gasteiger partial charge in [0, 0.05) is 12.5 Å². The molecular formula is C15H18O3. The molecule has 2 fully saturated rings. The topological polar surface area (TPSA) is 46.5 Å². The van der Waals surface area contributed by atoms with Crippen LogP contribution in [0.15, 0.2) is 24.3 Å². The summed E-state index contributed by atoms with van der Waals surface area (Å²) in [6.45, 7) is 0.760. The van der Waals surface area contributed by atoms with E-state index in [0.29, 0.717) is 0 Å². The third-order valence-electron chi connectivity index (χ3n) is 4.48. The molecule has 0 saturated heterocycles. The molecule has 1 N–H and O–H groups in total. The number of carboxylic acid groups (broad SMARTS) is 1. The fraction of sp³-hybridized carbons (Fsp3) is 0.533. The van der Waals surface area contributed by atoms with Crippen LogP contribution in [-0.4, -0.2) is 24.8 Å². The van der Waals surface area contributed by atoms with Gasteiger partial charge in [-0.15, -0.1) is 0 Å². The van der Waals surface area contributed by atoms with Crippen LogP contribution >= 0.6 is 0 Å². The van der Waals surface area contributed by atoms with Crippen molar-refractivity contribution in [2.75, 3.05) is 13.7 Å². The average molecular weight is 246 g/mol. The third-order valence-corrected chi connectivity index (χ3v) is 4.48. The molecule has 96 valence electrons. The normalized spacial score (nSPS) is 22.5. The van der Waals surface area contributed by atoms with Crippen molar-refractivity contribution in [2.45, 2.75) is 36.5 Å². The van der Waals surface area contributed by atoms with Gasteiger partial charge < -0.3 is 9.84 Å². The third kappa shape index (κ3) is 1.65. The molecule has 0 unspecified atom stereocenters. The molecule has 0 atom stereocenters. The Bertz CT molecular complexity index is 467. The Balaban J connectivity index is 1.84. The second-order valence-corrected chi connectivity index (χ2v) is 5.68. The van der Waals surface area contributed by atoms with E-state index in [1.807, 2.05) is 12.1 Å². The first-order valence-electron chi connectivity index (χ1n) is 6.46. The zero-order valence-corrected chi connectivity index (χ0v) is 10.6. The van der Waals surface area contributed by atoms with Crippen LogP contribution in [-0.2, 0) is 20.4 Å². The number of hydrogen-bond donors (Lipinski definition) is 1. The van der Waals surface area contributed by atoms with Crippen LogP contribution in [0.4, 0.5) is 0 Å². The van der Waals surface area contributed by atoms with E-state index in [4.69, 9.17) is 4.74 Å². The van der Waals surface area contributed by atoms with Crippen LogP contribution in [0, 0.1) is 0 Å². The Morgan fingerprint density at radius 1 is 1.17 bits per heavy atom. The zero-order chi connectivity index (χ0) is 12.8. The summed E-state index contributed by atoms with van der Waals surface area (Å²) >= 11 is 0. The first-order valence-corrected chi connectivity index (χ1v) is 6.46. The Kier molecular flexibility index (Phi) is 2.49. The zero-order valence-electron chi connectivity index (χ0n) is 10.6. The highest BCUT2D eigenvalue weighted by atomic mass is 16.5. The molecule has 0 spiro atoms. The van der Waals surface area contributed by atoms with Crippen molar-refractivity contribution in [1.82, 2.24) is 0 Å². The molecule has 2 saturated carbocycles. The molecule has 1 aromatic carbocycles. The van der Waals surface area contributed by atoms with Crippen LogP contribution in [0.5, 0.6) is 0 Å². The summed E-state index contributed by atoms with van der Waals surface area (Å²) in [7, 11) is 1.73. The number of methoxy groups -OCH3 is 1. The van der Waals surface area contributed by atoms with E-state index in [2.05, 4.69) is 12.1 Å². The standard InChI is InChI=1S/C15H18O3/c1-18-10-14(6-7-14)11-2-4-12(5-3-11)15(8-9-15)13(16)17/h2-5H,6-10H2,1H3,(H,16,17). The molecular weight excluding hydrogens is 228 g/mol. The van der Waals surface area contributed by atoms with E-state index in [0.717, 1.165) is 25.0 Å². The first-order chi connectivity index (χ1) is 8.63. The van der Waals surface area contributed by atoms with Crippen LogP contribution in [0.1, 0.15) is 36.8 Å². The quantitative estimate of drug-likeness (QED) is 0.868. The lowest BCUT2D eigenvalue weighted by Gasteiger charge is -2.16. The summed E-state index contributed by atoms with van der Waals surface area (Å²) in [6.07, 6.45) is 3.88. The molecule has 0 aromatic heterocycles. The Morgan fingerprint density at radius 3 is 2.11 bits per heavy atom. The summed E-state index contributed by atoms with van der Waals surface area (Å²) in [5, 5.41) is 9.26. The number of carbonyl (C=O) groups is 1. The molecule has 0 amide bonds.